The summed E-state index contributed by atoms with van der Waals surface area (Å²) in [6.07, 6.45) is 1.42. The zero-order valence-electron chi connectivity index (χ0n) is 17.0. The third-order valence-corrected chi connectivity index (χ3v) is 4.64. The molecule has 0 saturated carbocycles. The highest BCUT2D eigenvalue weighted by Gasteiger charge is 2.13. The Hall–Kier alpha value is -3.85. The summed E-state index contributed by atoms with van der Waals surface area (Å²) in [5.74, 6) is 0.161. The van der Waals surface area contributed by atoms with Gasteiger partial charge >= 0.3 is 0 Å². The molecule has 1 aromatic heterocycles. The molecule has 0 fully saturated rings. The van der Waals surface area contributed by atoms with Crippen LogP contribution in [0.5, 0.6) is 5.75 Å². The number of carbonyl (C=O) groups is 2. The van der Waals surface area contributed by atoms with Crippen molar-refractivity contribution in [2.75, 3.05) is 12.4 Å². The molecule has 31 heavy (non-hydrogen) atoms. The number of hydrazine groups is 1. The van der Waals surface area contributed by atoms with Gasteiger partial charge in [-0.25, -0.2) is 0 Å². The smallest absolute Gasteiger partial charge is 0.291 e. The van der Waals surface area contributed by atoms with Crippen molar-refractivity contribution in [3.8, 4) is 5.75 Å². The van der Waals surface area contributed by atoms with Gasteiger partial charge in [-0.15, -0.1) is 0 Å². The van der Waals surface area contributed by atoms with Gasteiger partial charge in [0, 0.05) is 17.8 Å². The van der Waals surface area contributed by atoms with Gasteiger partial charge in [0.05, 0.1) is 13.4 Å². The summed E-state index contributed by atoms with van der Waals surface area (Å²) in [6, 6.07) is 15.7. The molecule has 3 aromatic rings. The molecule has 160 valence electrons. The molecule has 3 rings (SSSR count). The van der Waals surface area contributed by atoms with Crippen molar-refractivity contribution >= 4 is 34.8 Å². The van der Waals surface area contributed by atoms with Crippen LogP contribution in [0.2, 0.25) is 0 Å². The number of hydrogen-bond donors (Lipinski definition) is 4. The molecule has 0 aliphatic heterocycles. The number of benzene rings is 2. The Bertz CT molecular complexity index is 1070. The lowest BCUT2D eigenvalue weighted by Crippen LogP contribution is -2.46. The molecule has 8 nitrogen and oxygen atoms in total. The molecule has 0 spiro atoms. The van der Waals surface area contributed by atoms with E-state index >= 15 is 0 Å². The van der Waals surface area contributed by atoms with Crippen LogP contribution in [0.4, 0.5) is 5.69 Å². The number of rotatable bonds is 6. The number of methoxy groups -OCH3 is 1. The molecular weight excluding hydrogens is 416 g/mol. The highest BCUT2D eigenvalue weighted by atomic mass is 32.1. The van der Waals surface area contributed by atoms with Crippen LogP contribution in [0.1, 0.15) is 32.0 Å². The van der Waals surface area contributed by atoms with Crippen molar-refractivity contribution in [1.82, 2.24) is 16.2 Å². The van der Waals surface area contributed by atoms with Crippen LogP contribution in [0.3, 0.4) is 0 Å². The normalized spacial score (nSPS) is 10.1. The molecule has 0 atom stereocenters. The standard InChI is InChI=1S/C22H22N4O4S/c1-14-5-8-16(12-18(14)24-21(28)19-4-3-11-30-19)20(27)25-26-22(31)23-13-15-6-9-17(29-2)10-7-15/h3-12H,13H2,1-2H3,(H,24,28)(H,25,27)(H2,23,26,31). The first kappa shape index (κ1) is 21.8. The second-order valence-corrected chi connectivity index (χ2v) is 6.98. The van der Waals surface area contributed by atoms with E-state index in [2.05, 4.69) is 21.5 Å². The predicted molar refractivity (Wildman–Crippen MR) is 121 cm³/mol. The van der Waals surface area contributed by atoms with Crippen LogP contribution >= 0.6 is 12.2 Å². The van der Waals surface area contributed by atoms with Crippen molar-refractivity contribution in [3.63, 3.8) is 0 Å². The molecule has 1 heterocycles. The number of hydrogen-bond acceptors (Lipinski definition) is 5. The van der Waals surface area contributed by atoms with Gasteiger partial charge < -0.3 is 19.8 Å². The van der Waals surface area contributed by atoms with Crippen molar-refractivity contribution < 1.29 is 18.7 Å². The second-order valence-electron chi connectivity index (χ2n) is 6.57. The van der Waals surface area contributed by atoms with Crippen LogP contribution in [-0.2, 0) is 6.54 Å². The van der Waals surface area contributed by atoms with Crippen LogP contribution in [0, 0.1) is 6.92 Å². The van der Waals surface area contributed by atoms with E-state index < -0.39 is 11.8 Å². The molecular formula is C22H22N4O4S. The van der Waals surface area contributed by atoms with Gasteiger partial charge in [0.1, 0.15) is 5.75 Å². The van der Waals surface area contributed by atoms with Gasteiger partial charge in [0.25, 0.3) is 11.8 Å². The largest absolute Gasteiger partial charge is 0.497 e. The zero-order valence-corrected chi connectivity index (χ0v) is 17.8. The maximum absolute atomic E-state index is 12.5. The summed E-state index contributed by atoms with van der Waals surface area (Å²) in [5, 5.41) is 6.01. The first-order chi connectivity index (χ1) is 15.0. The fourth-order valence-corrected chi connectivity index (χ4v) is 2.77. The van der Waals surface area contributed by atoms with Crippen LogP contribution in [0.25, 0.3) is 0 Å². The summed E-state index contributed by atoms with van der Waals surface area (Å²) in [5.41, 5.74) is 7.88. The summed E-state index contributed by atoms with van der Waals surface area (Å²) in [7, 11) is 1.61. The third kappa shape index (κ3) is 6.06. The molecule has 4 N–H and O–H groups in total. The summed E-state index contributed by atoms with van der Waals surface area (Å²) in [4.78, 5) is 24.7. The Morgan fingerprint density at radius 3 is 2.48 bits per heavy atom. The highest BCUT2D eigenvalue weighted by Crippen LogP contribution is 2.18. The number of nitrogens with one attached hydrogen (secondary N) is 4. The molecule has 0 aliphatic rings. The Balaban J connectivity index is 1.52. The van der Waals surface area contributed by atoms with E-state index in [1.807, 2.05) is 31.2 Å². The molecule has 0 radical (unpaired) electrons. The van der Waals surface area contributed by atoms with Crippen molar-refractivity contribution in [2.45, 2.75) is 13.5 Å². The summed E-state index contributed by atoms with van der Waals surface area (Å²) < 4.78 is 10.2. The first-order valence-corrected chi connectivity index (χ1v) is 9.79. The maximum atomic E-state index is 12.5. The number of furan rings is 1. The number of aryl methyl sites for hydroxylation is 1. The molecule has 9 heteroatoms. The van der Waals surface area contributed by atoms with E-state index in [-0.39, 0.29) is 10.9 Å². The number of amides is 2. The van der Waals surface area contributed by atoms with Crippen molar-refractivity contribution in [1.29, 1.82) is 0 Å². The molecule has 2 amide bonds. The first-order valence-electron chi connectivity index (χ1n) is 9.39. The maximum Gasteiger partial charge on any atom is 0.291 e. The van der Waals surface area contributed by atoms with E-state index in [0.717, 1.165) is 16.9 Å². The Morgan fingerprint density at radius 2 is 1.81 bits per heavy atom. The van der Waals surface area contributed by atoms with Gasteiger partial charge in [-0.1, -0.05) is 18.2 Å². The van der Waals surface area contributed by atoms with Gasteiger partial charge in [-0.05, 0) is 66.7 Å². The Labute approximate surface area is 184 Å². The van der Waals surface area contributed by atoms with Gasteiger partial charge in [-0.3, -0.25) is 20.4 Å². The Kier molecular flexibility index (Phi) is 7.23. The highest BCUT2D eigenvalue weighted by molar-refractivity contribution is 7.80. The number of anilines is 1. The van der Waals surface area contributed by atoms with Crippen LogP contribution in [0.15, 0.2) is 65.3 Å². The van der Waals surface area contributed by atoms with Crippen molar-refractivity contribution in [2.24, 2.45) is 0 Å². The molecule has 0 saturated heterocycles. The monoisotopic (exact) mass is 438 g/mol. The second kappa shape index (κ2) is 10.3. The zero-order chi connectivity index (χ0) is 22.2. The van der Waals surface area contributed by atoms with Gasteiger partial charge in [0.15, 0.2) is 10.9 Å². The average molecular weight is 439 g/mol. The summed E-state index contributed by atoms with van der Waals surface area (Å²) >= 11 is 5.19. The number of carbonyl (C=O) groups excluding carboxylic acids is 2. The molecule has 0 unspecified atom stereocenters. The molecule has 0 bridgehead atoms. The van der Waals surface area contributed by atoms with Crippen LogP contribution in [-0.4, -0.2) is 24.0 Å². The quantitative estimate of drug-likeness (QED) is 0.346. The van der Waals surface area contributed by atoms with Crippen molar-refractivity contribution in [3.05, 3.63) is 83.3 Å². The fourth-order valence-electron chi connectivity index (χ4n) is 2.65. The van der Waals surface area contributed by atoms with E-state index in [9.17, 15) is 9.59 Å². The summed E-state index contributed by atoms with van der Waals surface area (Å²) in [6.45, 7) is 2.31. The lowest BCUT2D eigenvalue weighted by molar-refractivity contribution is 0.0942. The van der Waals surface area contributed by atoms with Crippen LogP contribution < -0.4 is 26.2 Å². The minimum atomic E-state index is -0.401. The topological polar surface area (TPSA) is 105 Å². The van der Waals surface area contributed by atoms with Gasteiger partial charge in [0.2, 0.25) is 0 Å². The molecule has 0 aliphatic carbocycles. The van der Waals surface area contributed by atoms with E-state index in [1.165, 1.54) is 6.26 Å². The third-order valence-electron chi connectivity index (χ3n) is 4.39. The fraction of sp³-hybridized carbons (Fsp3) is 0.136. The molecule has 2 aromatic carbocycles. The van der Waals surface area contributed by atoms with Gasteiger partial charge in [-0.2, -0.15) is 0 Å². The SMILES string of the molecule is COc1ccc(CNC(=S)NNC(=O)c2ccc(C)c(NC(=O)c3ccco3)c2)cc1. The lowest BCUT2D eigenvalue weighted by atomic mass is 10.1. The van der Waals surface area contributed by atoms with E-state index in [0.29, 0.717) is 17.8 Å². The minimum Gasteiger partial charge on any atom is -0.497 e. The minimum absolute atomic E-state index is 0.184. The number of ether oxygens (including phenoxy) is 1. The van der Waals surface area contributed by atoms with E-state index in [1.54, 1.807) is 37.4 Å². The van der Waals surface area contributed by atoms with E-state index in [4.69, 9.17) is 21.4 Å². The number of thiocarbonyl (C=S) groups is 1. The predicted octanol–water partition coefficient (Wildman–Crippen LogP) is 3.16. The average Bonchev–Trinajstić information content (AvgIpc) is 3.33. The lowest BCUT2D eigenvalue weighted by Gasteiger charge is -2.13. The Morgan fingerprint density at radius 1 is 1.03 bits per heavy atom.